The lowest BCUT2D eigenvalue weighted by Gasteiger charge is -2.09. The fraction of sp³-hybridized carbons (Fsp3) is 0.467. The maximum atomic E-state index is 11.9. The van der Waals surface area contributed by atoms with Gasteiger partial charge in [-0.1, -0.05) is 18.9 Å². The summed E-state index contributed by atoms with van der Waals surface area (Å²) in [5.41, 5.74) is 8.08. The molecule has 1 aromatic carbocycles. The van der Waals surface area contributed by atoms with Crippen molar-refractivity contribution in [2.75, 3.05) is 11.9 Å². The van der Waals surface area contributed by atoms with Gasteiger partial charge in [0.25, 0.3) is 0 Å². The zero-order valence-corrected chi connectivity index (χ0v) is 14.1. The van der Waals surface area contributed by atoms with Crippen LogP contribution in [-0.4, -0.2) is 32.7 Å². The van der Waals surface area contributed by atoms with Crippen LogP contribution in [0, 0.1) is 6.92 Å². The molecule has 7 nitrogen and oxygen atoms in total. The van der Waals surface area contributed by atoms with Crippen LogP contribution in [0.3, 0.4) is 0 Å². The first-order chi connectivity index (χ1) is 10.7. The van der Waals surface area contributed by atoms with E-state index in [0.717, 1.165) is 49.2 Å². The molecule has 0 aliphatic rings. The number of nitrogens with zero attached hydrogens (tertiary/aromatic N) is 4. The summed E-state index contributed by atoms with van der Waals surface area (Å²) < 4.78 is 1.58. The molecule has 0 spiro atoms. The Kier molecular flexibility index (Phi) is 8.21. The number of halogens is 1. The molecule has 0 atom stereocenters. The highest BCUT2D eigenvalue weighted by atomic mass is 35.5. The number of tetrazole rings is 1. The van der Waals surface area contributed by atoms with E-state index in [9.17, 15) is 4.79 Å². The summed E-state index contributed by atoms with van der Waals surface area (Å²) in [5, 5.41) is 14.1. The van der Waals surface area contributed by atoms with Gasteiger partial charge in [0.15, 0.2) is 0 Å². The van der Waals surface area contributed by atoms with E-state index in [-0.39, 0.29) is 18.3 Å². The van der Waals surface area contributed by atoms with Crippen molar-refractivity contribution in [3.05, 3.63) is 30.1 Å². The van der Waals surface area contributed by atoms with Crippen LogP contribution in [0.4, 0.5) is 5.69 Å². The summed E-state index contributed by atoms with van der Waals surface area (Å²) in [4.78, 5) is 11.9. The Bertz CT molecular complexity index is 602. The number of unbranched alkanes of at least 4 members (excludes halogenated alkanes) is 3. The first-order valence-corrected chi connectivity index (χ1v) is 7.54. The van der Waals surface area contributed by atoms with Gasteiger partial charge < -0.3 is 11.1 Å². The van der Waals surface area contributed by atoms with E-state index < -0.39 is 0 Å². The van der Waals surface area contributed by atoms with Crippen LogP contribution in [0.5, 0.6) is 0 Å². The molecule has 126 valence electrons. The molecule has 3 N–H and O–H groups in total. The number of aromatic nitrogens is 4. The summed E-state index contributed by atoms with van der Waals surface area (Å²) in [5.74, 6) is 0.0271. The van der Waals surface area contributed by atoms with E-state index in [0.29, 0.717) is 6.42 Å². The Morgan fingerprint density at radius 2 is 2.04 bits per heavy atom. The van der Waals surface area contributed by atoms with Gasteiger partial charge in [-0.3, -0.25) is 4.79 Å². The highest BCUT2D eigenvalue weighted by Crippen LogP contribution is 2.18. The predicted octanol–water partition coefficient (Wildman–Crippen LogP) is 2.24. The second-order valence-electron chi connectivity index (χ2n) is 5.26. The van der Waals surface area contributed by atoms with Crippen molar-refractivity contribution in [3.63, 3.8) is 0 Å². The molecule has 0 saturated carbocycles. The molecule has 0 aliphatic carbocycles. The number of benzene rings is 1. The zero-order valence-electron chi connectivity index (χ0n) is 13.2. The molecule has 2 aromatic rings. The molecule has 0 fully saturated rings. The first kappa shape index (κ1) is 19.1. The number of rotatable bonds is 8. The summed E-state index contributed by atoms with van der Waals surface area (Å²) in [6.07, 6.45) is 6.09. The molecule has 8 heteroatoms. The second-order valence-corrected chi connectivity index (χ2v) is 5.26. The van der Waals surface area contributed by atoms with E-state index in [2.05, 4.69) is 20.8 Å². The van der Waals surface area contributed by atoms with Gasteiger partial charge in [-0.15, -0.1) is 17.5 Å². The lowest BCUT2D eigenvalue weighted by Crippen LogP contribution is -2.12. The van der Waals surface area contributed by atoms with E-state index in [4.69, 9.17) is 5.73 Å². The van der Waals surface area contributed by atoms with Gasteiger partial charge in [0.05, 0.1) is 5.69 Å². The number of carbonyl (C=O) groups excluding carboxylic acids is 1. The number of carbonyl (C=O) groups is 1. The fourth-order valence-corrected chi connectivity index (χ4v) is 2.21. The van der Waals surface area contributed by atoms with Crippen molar-refractivity contribution in [2.45, 2.75) is 39.0 Å². The van der Waals surface area contributed by atoms with Gasteiger partial charge in [0.1, 0.15) is 6.33 Å². The van der Waals surface area contributed by atoms with Crippen LogP contribution in [0.15, 0.2) is 24.5 Å². The summed E-state index contributed by atoms with van der Waals surface area (Å²) in [6, 6.07) is 5.70. The number of nitrogens with one attached hydrogen (secondary N) is 1. The maximum Gasteiger partial charge on any atom is 0.224 e. The first-order valence-electron chi connectivity index (χ1n) is 7.54. The Balaban J connectivity index is 0.00000264. The topological polar surface area (TPSA) is 98.7 Å². The van der Waals surface area contributed by atoms with Crippen LogP contribution in [0.25, 0.3) is 5.69 Å². The average molecular weight is 339 g/mol. The van der Waals surface area contributed by atoms with E-state index >= 15 is 0 Å². The molecule has 2 rings (SSSR count). The molecule has 0 bridgehead atoms. The number of hydrogen-bond acceptors (Lipinski definition) is 5. The summed E-state index contributed by atoms with van der Waals surface area (Å²) in [7, 11) is 0. The SMILES string of the molecule is Cc1ccc(NC(=O)CCCCCCN)cc1-n1cnnn1.Cl. The lowest BCUT2D eigenvalue weighted by molar-refractivity contribution is -0.116. The molecule has 1 aromatic heterocycles. The standard InChI is InChI=1S/C15H22N6O.ClH/c1-12-7-8-13(10-14(12)21-11-17-19-20-21)18-15(22)6-4-2-3-5-9-16;/h7-8,10-11H,2-6,9,16H2,1H3,(H,18,22);1H. The van der Waals surface area contributed by atoms with Gasteiger partial charge in [0, 0.05) is 12.1 Å². The minimum Gasteiger partial charge on any atom is -0.330 e. The average Bonchev–Trinajstić information content (AvgIpc) is 3.03. The zero-order chi connectivity index (χ0) is 15.8. The molecule has 23 heavy (non-hydrogen) atoms. The third-order valence-electron chi connectivity index (χ3n) is 3.45. The highest BCUT2D eigenvalue weighted by molar-refractivity contribution is 5.91. The van der Waals surface area contributed by atoms with Crippen molar-refractivity contribution in [3.8, 4) is 5.69 Å². The van der Waals surface area contributed by atoms with Crippen molar-refractivity contribution >= 4 is 24.0 Å². The smallest absolute Gasteiger partial charge is 0.224 e. The molecule has 0 radical (unpaired) electrons. The molecule has 1 heterocycles. The Labute approximate surface area is 142 Å². The molecule has 1 amide bonds. The summed E-state index contributed by atoms with van der Waals surface area (Å²) in [6.45, 7) is 2.69. The highest BCUT2D eigenvalue weighted by Gasteiger charge is 2.07. The fourth-order valence-electron chi connectivity index (χ4n) is 2.21. The lowest BCUT2D eigenvalue weighted by atomic mass is 10.1. The van der Waals surface area contributed by atoms with Crippen LogP contribution in [0.1, 0.15) is 37.7 Å². The number of aryl methyl sites for hydroxylation is 1. The van der Waals surface area contributed by atoms with E-state index in [1.807, 2.05) is 25.1 Å². The minimum absolute atomic E-state index is 0. The molecular weight excluding hydrogens is 316 g/mol. The number of hydrogen-bond donors (Lipinski definition) is 2. The third-order valence-corrected chi connectivity index (χ3v) is 3.45. The molecule has 0 saturated heterocycles. The van der Waals surface area contributed by atoms with Gasteiger partial charge >= 0.3 is 0 Å². The van der Waals surface area contributed by atoms with Gasteiger partial charge in [0.2, 0.25) is 5.91 Å². The monoisotopic (exact) mass is 338 g/mol. The number of anilines is 1. The van der Waals surface area contributed by atoms with E-state index in [1.165, 1.54) is 6.33 Å². The Morgan fingerprint density at radius 3 is 2.74 bits per heavy atom. The predicted molar refractivity (Wildman–Crippen MR) is 91.9 cm³/mol. The quantitative estimate of drug-likeness (QED) is 0.719. The molecule has 0 aliphatic heterocycles. The normalized spacial score (nSPS) is 10.2. The van der Waals surface area contributed by atoms with Crippen molar-refractivity contribution in [1.29, 1.82) is 0 Å². The summed E-state index contributed by atoms with van der Waals surface area (Å²) >= 11 is 0. The minimum atomic E-state index is 0. The van der Waals surface area contributed by atoms with Crippen molar-refractivity contribution in [2.24, 2.45) is 5.73 Å². The Hall–Kier alpha value is -1.99. The van der Waals surface area contributed by atoms with Crippen LogP contribution >= 0.6 is 12.4 Å². The van der Waals surface area contributed by atoms with E-state index in [1.54, 1.807) is 4.68 Å². The molecule has 0 unspecified atom stereocenters. The third kappa shape index (κ3) is 5.96. The van der Waals surface area contributed by atoms with Crippen LogP contribution < -0.4 is 11.1 Å². The maximum absolute atomic E-state index is 11.9. The number of amides is 1. The van der Waals surface area contributed by atoms with Crippen LogP contribution in [-0.2, 0) is 4.79 Å². The largest absolute Gasteiger partial charge is 0.330 e. The van der Waals surface area contributed by atoms with Gasteiger partial charge in [-0.05, 0) is 54.4 Å². The Morgan fingerprint density at radius 1 is 1.26 bits per heavy atom. The van der Waals surface area contributed by atoms with Crippen molar-refractivity contribution < 1.29 is 4.79 Å². The molecular formula is C15H23ClN6O. The number of nitrogens with two attached hydrogens (primary N) is 1. The van der Waals surface area contributed by atoms with Crippen molar-refractivity contribution in [1.82, 2.24) is 20.2 Å². The van der Waals surface area contributed by atoms with Gasteiger partial charge in [-0.25, -0.2) is 4.68 Å². The second kappa shape index (κ2) is 9.91. The van der Waals surface area contributed by atoms with Crippen LogP contribution in [0.2, 0.25) is 0 Å². The van der Waals surface area contributed by atoms with Gasteiger partial charge in [-0.2, -0.15) is 0 Å².